The van der Waals surface area contributed by atoms with E-state index in [1.165, 1.54) is 10.6 Å². The number of hydrogen-bond acceptors (Lipinski definition) is 4. The molecule has 1 amide bonds. The van der Waals surface area contributed by atoms with Gasteiger partial charge in [0.1, 0.15) is 5.69 Å². The second-order valence-electron chi connectivity index (χ2n) is 8.79. The number of carbonyl (C=O) groups excluding carboxylic acids is 1. The molecular weight excluding hydrogens is 436 g/mol. The number of amides is 1. The van der Waals surface area contributed by atoms with Gasteiger partial charge in [-0.25, -0.2) is 17.4 Å². The van der Waals surface area contributed by atoms with E-state index < -0.39 is 10.0 Å². The summed E-state index contributed by atoms with van der Waals surface area (Å²) in [5.74, 6) is -0.0763. The van der Waals surface area contributed by atoms with Crippen LogP contribution in [0.25, 0.3) is 16.9 Å². The number of aryl methyl sites for hydroxylation is 2. The van der Waals surface area contributed by atoms with Gasteiger partial charge < -0.3 is 4.90 Å². The van der Waals surface area contributed by atoms with Gasteiger partial charge in [-0.1, -0.05) is 42.0 Å². The van der Waals surface area contributed by atoms with Crippen molar-refractivity contribution < 1.29 is 13.2 Å². The van der Waals surface area contributed by atoms with Crippen molar-refractivity contribution in [2.45, 2.75) is 32.7 Å². The lowest BCUT2D eigenvalue weighted by molar-refractivity contribution is 0.0687. The van der Waals surface area contributed by atoms with E-state index in [4.69, 9.17) is 5.10 Å². The van der Waals surface area contributed by atoms with Crippen LogP contribution in [-0.2, 0) is 10.0 Å². The molecule has 0 aliphatic carbocycles. The normalized spacial score (nSPS) is 15.2. The van der Waals surface area contributed by atoms with Crippen molar-refractivity contribution >= 4 is 15.9 Å². The number of para-hydroxylation sites is 1. The van der Waals surface area contributed by atoms with Gasteiger partial charge in [-0.2, -0.15) is 5.10 Å². The quantitative estimate of drug-likeness (QED) is 0.575. The van der Waals surface area contributed by atoms with Crippen molar-refractivity contribution in [3.05, 3.63) is 71.4 Å². The first-order chi connectivity index (χ1) is 15.6. The fourth-order valence-electron chi connectivity index (χ4n) is 4.40. The van der Waals surface area contributed by atoms with Gasteiger partial charge in [0.25, 0.3) is 5.91 Å². The minimum absolute atomic E-state index is 0.0763. The Morgan fingerprint density at radius 3 is 2.33 bits per heavy atom. The van der Waals surface area contributed by atoms with Crippen LogP contribution in [-0.4, -0.2) is 65.7 Å². The number of nitrogens with zero attached hydrogens (tertiary/aromatic N) is 4. The first kappa shape index (κ1) is 23.2. The maximum atomic E-state index is 13.6. The molecule has 8 heteroatoms. The van der Waals surface area contributed by atoms with Gasteiger partial charge in [-0.3, -0.25) is 4.79 Å². The summed E-state index contributed by atoms with van der Waals surface area (Å²) in [7, 11) is -1.64. The zero-order valence-electron chi connectivity index (χ0n) is 19.5. The molecule has 0 radical (unpaired) electrons. The van der Waals surface area contributed by atoms with Gasteiger partial charge >= 0.3 is 0 Å². The molecule has 33 heavy (non-hydrogen) atoms. The van der Waals surface area contributed by atoms with Crippen molar-refractivity contribution in [1.29, 1.82) is 0 Å². The van der Waals surface area contributed by atoms with E-state index >= 15 is 0 Å². The van der Waals surface area contributed by atoms with Crippen molar-refractivity contribution in [1.82, 2.24) is 19.0 Å². The topological polar surface area (TPSA) is 75.5 Å². The Morgan fingerprint density at radius 1 is 1.06 bits per heavy atom. The maximum absolute atomic E-state index is 13.6. The molecule has 0 unspecified atom stereocenters. The van der Waals surface area contributed by atoms with Gasteiger partial charge in [0.05, 0.1) is 17.5 Å². The van der Waals surface area contributed by atoms with E-state index in [0.29, 0.717) is 37.2 Å². The maximum Gasteiger partial charge on any atom is 0.257 e. The lowest BCUT2D eigenvalue weighted by Crippen LogP contribution is -2.47. The smallest absolute Gasteiger partial charge is 0.257 e. The molecule has 0 spiro atoms. The Bertz CT molecular complexity index is 1260. The summed E-state index contributed by atoms with van der Waals surface area (Å²) >= 11 is 0. The molecule has 7 nitrogen and oxygen atoms in total. The summed E-state index contributed by atoms with van der Waals surface area (Å²) in [6.45, 7) is 5.09. The number of likely N-dealkylation sites (tertiary alicyclic amines) is 1. The molecular formula is C25H30N4O3S. The van der Waals surface area contributed by atoms with Crippen molar-refractivity contribution in [3.8, 4) is 16.9 Å². The van der Waals surface area contributed by atoms with Crippen LogP contribution < -0.4 is 0 Å². The number of benzene rings is 2. The van der Waals surface area contributed by atoms with E-state index in [2.05, 4.69) is 6.07 Å². The number of rotatable bonds is 5. The molecule has 1 aliphatic heterocycles. The summed E-state index contributed by atoms with van der Waals surface area (Å²) in [5.41, 5.74) is 5.26. The number of aromatic nitrogens is 2. The van der Waals surface area contributed by atoms with Gasteiger partial charge in [0, 0.05) is 37.9 Å². The molecule has 0 N–H and O–H groups in total. The average molecular weight is 467 g/mol. The summed E-state index contributed by atoms with van der Waals surface area (Å²) in [4.78, 5) is 15.4. The molecule has 1 aliphatic rings. The molecule has 1 saturated heterocycles. The summed E-state index contributed by atoms with van der Waals surface area (Å²) in [5, 5.41) is 4.81. The van der Waals surface area contributed by atoms with E-state index in [-0.39, 0.29) is 11.9 Å². The predicted octanol–water partition coefficient (Wildman–Crippen LogP) is 3.65. The zero-order valence-corrected chi connectivity index (χ0v) is 20.3. The van der Waals surface area contributed by atoms with E-state index in [0.717, 1.165) is 22.4 Å². The molecule has 1 fully saturated rings. The van der Waals surface area contributed by atoms with Crippen LogP contribution in [0.4, 0.5) is 0 Å². The number of piperidine rings is 1. The molecule has 2 heterocycles. The van der Waals surface area contributed by atoms with Gasteiger partial charge in [-0.15, -0.1) is 0 Å². The first-order valence-electron chi connectivity index (χ1n) is 11.1. The van der Waals surface area contributed by atoms with Crippen molar-refractivity contribution in [2.75, 3.05) is 26.4 Å². The molecule has 0 atom stereocenters. The van der Waals surface area contributed by atoms with Crippen LogP contribution in [0.1, 0.15) is 34.3 Å². The Balaban J connectivity index is 1.66. The SMILES string of the molecule is Cc1ccc(-c2nn(-c3ccccc3)cc2C(=O)N2CCC(N(C)S(C)(=O)=O)CC2)c(C)c1. The van der Waals surface area contributed by atoms with Gasteiger partial charge in [0.15, 0.2) is 0 Å². The highest BCUT2D eigenvalue weighted by atomic mass is 32.2. The van der Waals surface area contributed by atoms with Gasteiger partial charge in [0.2, 0.25) is 10.0 Å². The van der Waals surface area contributed by atoms with Crippen molar-refractivity contribution in [2.24, 2.45) is 0 Å². The number of carbonyl (C=O) groups is 1. The second-order valence-corrected chi connectivity index (χ2v) is 10.8. The monoisotopic (exact) mass is 466 g/mol. The minimum atomic E-state index is -3.25. The first-order valence-corrected chi connectivity index (χ1v) is 12.9. The van der Waals surface area contributed by atoms with Crippen LogP contribution in [0.5, 0.6) is 0 Å². The third-order valence-corrected chi connectivity index (χ3v) is 7.74. The minimum Gasteiger partial charge on any atom is -0.338 e. The van der Waals surface area contributed by atoms with Crippen LogP contribution in [0.15, 0.2) is 54.7 Å². The highest BCUT2D eigenvalue weighted by Gasteiger charge is 2.31. The molecule has 0 bridgehead atoms. The fraction of sp³-hybridized carbons (Fsp3) is 0.360. The van der Waals surface area contributed by atoms with Crippen LogP contribution in [0, 0.1) is 13.8 Å². The summed E-state index contributed by atoms with van der Waals surface area (Å²) < 4.78 is 27.0. The summed E-state index contributed by atoms with van der Waals surface area (Å²) in [6.07, 6.45) is 4.25. The molecule has 174 valence electrons. The van der Waals surface area contributed by atoms with Crippen LogP contribution in [0.2, 0.25) is 0 Å². The van der Waals surface area contributed by atoms with E-state index in [9.17, 15) is 13.2 Å². The highest BCUT2D eigenvalue weighted by molar-refractivity contribution is 7.88. The lowest BCUT2D eigenvalue weighted by atomic mass is 9.99. The van der Waals surface area contributed by atoms with E-state index in [1.807, 2.05) is 61.2 Å². The zero-order chi connectivity index (χ0) is 23.8. The number of sulfonamides is 1. The standard InChI is InChI=1S/C25H30N4O3S/c1-18-10-11-22(19(2)16-18)24-23(17-29(26-24)21-8-6-5-7-9-21)25(30)28-14-12-20(13-15-28)27(3)33(4,31)32/h5-11,16-17,20H,12-15H2,1-4H3. The Morgan fingerprint density at radius 2 is 1.73 bits per heavy atom. The van der Waals surface area contributed by atoms with Gasteiger partial charge in [-0.05, 0) is 44.4 Å². The van der Waals surface area contributed by atoms with E-state index in [1.54, 1.807) is 17.9 Å². The lowest BCUT2D eigenvalue weighted by Gasteiger charge is -2.35. The third kappa shape index (κ3) is 4.86. The predicted molar refractivity (Wildman–Crippen MR) is 130 cm³/mol. The Kier molecular flexibility index (Phi) is 6.41. The van der Waals surface area contributed by atoms with Crippen molar-refractivity contribution in [3.63, 3.8) is 0 Å². The fourth-order valence-corrected chi connectivity index (χ4v) is 5.15. The second kappa shape index (κ2) is 9.11. The highest BCUT2D eigenvalue weighted by Crippen LogP contribution is 2.29. The molecule has 3 aromatic rings. The average Bonchev–Trinajstić information content (AvgIpc) is 3.23. The number of hydrogen-bond donors (Lipinski definition) is 0. The van der Waals surface area contributed by atoms with Crippen LogP contribution >= 0.6 is 0 Å². The molecule has 4 rings (SSSR count). The molecule has 2 aromatic carbocycles. The summed E-state index contributed by atoms with van der Waals surface area (Å²) in [6, 6.07) is 15.8. The largest absolute Gasteiger partial charge is 0.338 e. The Labute approximate surface area is 195 Å². The molecule has 1 aromatic heterocycles. The van der Waals surface area contributed by atoms with Crippen LogP contribution in [0.3, 0.4) is 0 Å². The third-order valence-electron chi connectivity index (χ3n) is 6.39. The Hall–Kier alpha value is -2.97. The molecule has 0 saturated carbocycles.